The molecule has 0 unspecified atom stereocenters. The molecule has 1 radical (unpaired) electrons. The van der Waals surface area contributed by atoms with Crippen LogP contribution in [0.4, 0.5) is 0 Å². The van der Waals surface area contributed by atoms with Crippen LogP contribution in [0.2, 0.25) is 0 Å². The Labute approximate surface area is 67.6 Å². The van der Waals surface area contributed by atoms with Crippen LogP contribution in [0.3, 0.4) is 0 Å². The largest absolute Gasteiger partial charge is 0.352 e. The number of hydrogen-bond donors (Lipinski definition) is 0. The van der Waals surface area contributed by atoms with Gasteiger partial charge >= 0.3 is 0 Å². The van der Waals surface area contributed by atoms with Gasteiger partial charge < -0.3 is 4.52 Å². The third-order valence-corrected chi connectivity index (χ3v) is 1.70. The Morgan fingerprint density at radius 2 is 1.82 bits per heavy atom. The molecule has 0 bridgehead atoms. The van der Waals surface area contributed by atoms with Crippen molar-refractivity contribution in [2.45, 2.75) is 39.5 Å². The summed E-state index contributed by atoms with van der Waals surface area (Å²) in [6.45, 7) is 8.46. The molecule has 0 N–H and O–H groups in total. The van der Waals surface area contributed by atoms with Gasteiger partial charge in [-0.15, -0.1) is 0 Å². The van der Waals surface area contributed by atoms with Crippen LogP contribution < -0.4 is 0 Å². The molecule has 0 saturated heterocycles. The third-order valence-electron chi connectivity index (χ3n) is 1.70. The lowest BCUT2D eigenvalue weighted by Crippen LogP contribution is -1.95. The van der Waals surface area contributed by atoms with E-state index in [1.165, 1.54) is 0 Å². The molecule has 1 aromatic rings. The summed E-state index contributed by atoms with van der Waals surface area (Å²) in [5, 5.41) is 3.91. The van der Waals surface area contributed by atoms with E-state index >= 15 is 0 Å². The van der Waals surface area contributed by atoms with Gasteiger partial charge in [-0.1, -0.05) is 32.9 Å². The fourth-order valence-electron chi connectivity index (χ4n) is 1.05. The van der Waals surface area contributed by atoms with E-state index in [2.05, 4.69) is 39.1 Å². The van der Waals surface area contributed by atoms with E-state index in [9.17, 15) is 0 Å². The Kier molecular flexibility index (Phi) is 2.32. The molecule has 0 fully saturated rings. The molecule has 0 atom stereocenters. The maximum absolute atomic E-state index is 4.79. The molecular formula is C9H14NO. The Hall–Kier alpha value is -0.790. The van der Waals surface area contributed by atoms with Crippen LogP contribution in [0, 0.1) is 6.26 Å². The van der Waals surface area contributed by atoms with E-state index in [0.29, 0.717) is 11.8 Å². The SMILES string of the molecule is CC(C)c1[c]onc1C(C)C. The van der Waals surface area contributed by atoms with E-state index < -0.39 is 0 Å². The van der Waals surface area contributed by atoms with E-state index in [1.807, 2.05) is 0 Å². The molecule has 0 spiro atoms. The Balaban J connectivity index is 2.96. The van der Waals surface area contributed by atoms with Crippen molar-refractivity contribution in [1.29, 1.82) is 0 Å². The second-order valence-corrected chi connectivity index (χ2v) is 3.39. The minimum atomic E-state index is 0.433. The molecule has 1 heterocycles. The predicted molar refractivity (Wildman–Crippen MR) is 43.5 cm³/mol. The van der Waals surface area contributed by atoms with E-state index in [1.54, 1.807) is 0 Å². The van der Waals surface area contributed by atoms with Crippen LogP contribution in [0.25, 0.3) is 0 Å². The van der Waals surface area contributed by atoms with Crippen LogP contribution in [-0.2, 0) is 0 Å². The van der Waals surface area contributed by atoms with Crippen LogP contribution in [0.5, 0.6) is 0 Å². The topological polar surface area (TPSA) is 26.0 Å². The molecule has 0 aliphatic rings. The van der Waals surface area contributed by atoms with Gasteiger partial charge in [0.1, 0.15) is 0 Å². The molecule has 2 heteroatoms. The highest BCUT2D eigenvalue weighted by Gasteiger charge is 2.14. The maximum Gasteiger partial charge on any atom is 0.208 e. The second-order valence-electron chi connectivity index (χ2n) is 3.39. The predicted octanol–water partition coefficient (Wildman–Crippen LogP) is 2.72. The Morgan fingerprint density at radius 3 is 2.18 bits per heavy atom. The van der Waals surface area contributed by atoms with Crippen LogP contribution >= 0.6 is 0 Å². The summed E-state index contributed by atoms with van der Waals surface area (Å²) in [6, 6.07) is 0. The van der Waals surface area contributed by atoms with E-state index in [-0.39, 0.29) is 0 Å². The standard InChI is InChI=1S/C9H14NO/c1-6(2)8-5-11-10-9(8)7(3)4/h6-7H,1-4H3. The zero-order chi connectivity index (χ0) is 8.43. The first-order chi connectivity index (χ1) is 5.13. The summed E-state index contributed by atoms with van der Waals surface area (Å²) < 4.78 is 4.79. The molecule has 0 aromatic carbocycles. The Morgan fingerprint density at radius 1 is 1.18 bits per heavy atom. The lowest BCUT2D eigenvalue weighted by atomic mass is 9.98. The van der Waals surface area contributed by atoms with Gasteiger partial charge in [-0.2, -0.15) is 0 Å². The van der Waals surface area contributed by atoms with Gasteiger partial charge in [-0.25, -0.2) is 0 Å². The zero-order valence-electron chi connectivity index (χ0n) is 7.51. The fraction of sp³-hybridized carbons (Fsp3) is 0.667. The van der Waals surface area contributed by atoms with Crippen molar-refractivity contribution in [1.82, 2.24) is 5.16 Å². The number of nitrogens with zero attached hydrogens (tertiary/aromatic N) is 1. The summed E-state index contributed by atoms with van der Waals surface area (Å²) in [5.74, 6) is 0.890. The van der Waals surface area contributed by atoms with Crippen LogP contribution in [-0.4, -0.2) is 5.16 Å². The highest BCUT2D eigenvalue weighted by molar-refractivity contribution is 5.20. The van der Waals surface area contributed by atoms with Crippen molar-refractivity contribution in [3.8, 4) is 0 Å². The summed E-state index contributed by atoms with van der Waals surface area (Å²) in [6.07, 6.45) is 2.80. The number of aromatic nitrogens is 1. The van der Waals surface area contributed by atoms with Gasteiger partial charge in [0, 0.05) is 5.56 Å². The van der Waals surface area contributed by atoms with Gasteiger partial charge in [0.05, 0.1) is 5.69 Å². The minimum absolute atomic E-state index is 0.433. The molecule has 0 saturated carbocycles. The average molecular weight is 152 g/mol. The molecule has 1 rings (SSSR count). The first-order valence-electron chi connectivity index (χ1n) is 4.00. The van der Waals surface area contributed by atoms with Crippen LogP contribution in [0.15, 0.2) is 4.52 Å². The van der Waals surface area contributed by atoms with Gasteiger partial charge in [-0.05, 0) is 11.8 Å². The molecule has 1 aromatic heterocycles. The third kappa shape index (κ3) is 1.62. The molecule has 2 nitrogen and oxygen atoms in total. The average Bonchev–Trinajstić information content (AvgIpc) is 2.32. The number of rotatable bonds is 2. The molecule has 11 heavy (non-hydrogen) atoms. The van der Waals surface area contributed by atoms with Crippen molar-refractivity contribution < 1.29 is 4.52 Å². The lowest BCUT2D eigenvalue weighted by molar-refractivity contribution is 0.401. The summed E-state index contributed by atoms with van der Waals surface area (Å²) in [4.78, 5) is 0. The molecule has 0 amide bonds. The number of hydrogen-bond acceptors (Lipinski definition) is 2. The minimum Gasteiger partial charge on any atom is -0.352 e. The molecular weight excluding hydrogens is 138 g/mol. The second kappa shape index (κ2) is 3.07. The smallest absolute Gasteiger partial charge is 0.208 e. The molecule has 0 aliphatic carbocycles. The van der Waals surface area contributed by atoms with Crippen molar-refractivity contribution in [2.24, 2.45) is 0 Å². The lowest BCUT2D eigenvalue weighted by Gasteiger charge is -2.04. The quantitative estimate of drug-likeness (QED) is 0.651. The van der Waals surface area contributed by atoms with Crippen molar-refractivity contribution >= 4 is 0 Å². The summed E-state index contributed by atoms with van der Waals surface area (Å²) >= 11 is 0. The van der Waals surface area contributed by atoms with Crippen molar-refractivity contribution in [2.75, 3.05) is 0 Å². The van der Waals surface area contributed by atoms with Crippen molar-refractivity contribution in [3.05, 3.63) is 17.5 Å². The van der Waals surface area contributed by atoms with Gasteiger partial charge in [0.2, 0.25) is 6.26 Å². The highest BCUT2D eigenvalue weighted by Crippen LogP contribution is 2.23. The highest BCUT2D eigenvalue weighted by atomic mass is 16.5. The van der Waals surface area contributed by atoms with Gasteiger partial charge in [0.15, 0.2) is 0 Å². The maximum atomic E-state index is 4.79. The van der Waals surface area contributed by atoms with Gasteiger partial charge in [-0.3, -0.25) is 0 Å². The van der Waals surface area contributed by atoms with Gasteiger partial charge in [0.25, 0.3) is 0 Å². The zero-order valence-corrected chi connectivity index (χ0v) is 7.51. The van der Waals surface area contributed by atoms with Crippen LogP contribution in [0.1, 0.15) is 50.8 Å². The van der Waals surface area contributed by atoms with E-state index in [0.717, 1.165) is 11.3 Å². The van der Waals surface area contributed by atoms with E-state index in [4.69, 9.17) is 4.52 Å². The Bertz CT molecular complexity index is 203. The van der Waals surface area contributed by atoms with Crippen molar-refractivity contribution in [3.63, 3.8) is 0 Å². The summed E-state index contributed by atoms with van der Waals surface area (Å²) in [5.41, 5.74) is 2.15. The first kappa shape index (κ1) is 8.31. The molecule has 0 aliphatic heterocycles. The molecule has 61 valence electrons. The fourth-order valence-corrected chi connectivity index (χ4v) is 1.05. The normalized spacial score (nSPS) is 11.5. The summed E-state index contributed by atoms with van der Waals surface area (Å²) in [7, 11) is 0. The first-order valence-corrected chi connectivity index (χ1v) is 4.00. The monoisotopic (exact) mass is 152 g/mol.